The summed E-state index contributed by atoms with van der Waals surface area (Å²) in [6.45, 7) is 7.25. The van der Waals surface area contributed by atoms with E-state index in [2.05, 4.69) is 38.1 Å². The number of nitrogens with two attached hydrogens (primary N) is 1. The summed E-state index contributed by atoms with van der Waals surface area (Å²) in [5.41, 5.74) is 7.22. The van der Waals surface area contributed by atoms with E-state index < -0.39 is 11.8 Å². The van der Waals surface area contributed by atoms with E-state index in [9.17, 15) is 14.9 Å². The van der Waals surface area contributed by atoms with Crippen molar-refractivity contribution in [2.24, 2.45) is 0 Å². The Balaban J connectivity index is 1.42. The third-order valence-corrected chi connectivity index (χ3v) is 8.54. The van der Waals surface area contributed by atoms with Crippen molar-refractivity contribution in [2.75, 3.05) is 56.5 Å². The van der Waals surface area contributed by atoms with Crippen LogP contribution in [0.15, 0.2) is 18.2 Å². The monoisotopic (exact) mass is 616 g/mol. The number of piperidine rings is 1. The molecule has 4 N–H and O–H groups in total. The van der Waals surface area contributed by atoms with Crippen molar-refractivity contribution >= 4 is 46.7 Å². The zero-order valence-corrected chi connectivity index (χ0v) is 25.5. The first kappa shape index (κ1) is 31.8. The molecule has 0 saturated carbocycles. The molecule has 3 heterocycles. The van der Waals surface area contributed by atoms with Gasteiger partial charge in [-0.1, -0.05) is 36.5 Å². The zero-order chi connectivity index (χ0) is 30.4. The highest BCUT2D eigenvalue weighted by Crippen LogP contribution is 2.31. The van der Waals surface area contributed by atoms with Crippen molar-refractivity contribution in [3.63, 3.8) is 0 Å². The first-order chi connectivity index (χ1) is 20.2. The molecule has 0 spiro atoms. The van der Waals surface area contributed by atoms with Gasteiger partial charge in [-0.25, -0.2) is 9.97 Å². The molecule has 2 fully saturated rings. The number of benzene rings is 1. The van der Waals surface area contributed by atoms with Crippen molar-refractivity contribution in [1.82, 2.24) is 25.1 Å². The van der Waals surface area contributed by atoms with Gasteiger partial charge in [-0.15, -0.1) is 0 Å². The smallest absolute Gasteiger partial charge is 0.273 e. The van der Waals surface area contributed by atoms with Crippen LogP contribution in [0.3, 0.4) is 0 Å². The van der Waals surface area contributed by atoms with Gasteiger partial charge in [-0.2, -0.15) is 5.26 Å². The standard InChI is InChI=1S/C29H38Cl2N8O3/c1-3-4-21-17-38(27-25(31)35-24(26(33)36-27)28(41)34-9-14-40)12-13-39(21)20-7-10-37(11-8-20)29(42)22-6-5-19(30)15-23(22)18(2)16-32/h5-6,15,18,20-21,40H,3-4,7-14,17H2,1-2H3,(H2,33,36)(H,34,41)/t18?,21-/m0/s1. The van der Waals surface area contributed by atoms with Crippen LogP contribution in [0.25, 0.3) is 0 Å². The minimum absolute atomic E-state index is 0.00985. The van der Waals surface area contributed by atoms with Gasteiger partial charge in [0.1, 0.15) is 0 Å². The molecule has 1 aromatic carbocycles. The number of nitrogens with one attached hydrogen (secondary N) is 1. The number of halogens is 2. The minimum atomic E-state index is -0.534. The minimum Gasteiger partial charge on any atom is -0.395 e. The molecule has 2 aliphatic heterocycles. The second-order valence-electron chi connectivity index (χ2n) is 10.8. The molecule has 2 saturated heterocycles. The third-order valence-electron chi connectivity index (χ3n) is 8.05. The molecule has 42 heavy (non-hydrogen) atoms. The molecule has 2 aromatic rings. The van der Waals surface area contributed by atoms with Gasteiger partial charge in [0.25, 0.3) is 11.8 Å². The van der Waals surface area contributed by atoms with Crippen LogP contribution in [0.1, 0.15) is 71.9 Å². The Labute approximate surface area is 256 Å². The predicted octanol–water partition coefficient (Wildman–Crippen LogP) is 3.31. The van der Waals surface area contributed by atoms with Gasteiger partial charge in [0, 0.05) is 61.9 Å². The van der Waals surface area contributed by atoms with Crippen LogP contribution in [0.5, 0.6) is 0 Å². The number of hydrogen-bond acceptors (Lipinski definition) is 9. The van der Waals surface area contributed by atoms with Gasteiger partial charge >= 0.3 is 0 Å². The van der Waals surface area contributed by atoms with Crippen LogP contribution in [0, 0.1) is 11.3 Å². The van der Waals surface area contributed by atoms with E-state index in [0.717, 1.165) is 32.2 Å². The van der Waals surface area contributed by atoms with Crippen molar-refractivity contribution in [3.8, 4) is 6.07 Å². The summed E-state index contributed by atoms with van der Waals surface area (Å²) in [5.74, 6) is -0.576. The number of likely N-dealkylation sites (tertiary alicyclic amines) is 1. The molecule has 226 valence electrons. The lowest BCUT2D eigenvalue weighted by atomic mass is 9.94. The number of carbonyl (C=O) groups excluding carboxylic acids is 2. The Morgan fingerprint density at radius 1 is 1.21 bits per heavy atom. The number of carbonyl (C=O) groups is 2. The highest BCUT2D eigenvalue weighted by atomic mass is 35.5. The summed E-state index contributed by atoms with van der Waals surface area (Å²) >= 11 is 12.7. The molecule has 13 heteroatoms. The van der Waals surface area contributed by atoms with Gasteiger partial charge in [-0.3, -0.25) is 14.5 Å². The molecule has 0 aliphatic carbocycles. The van der Waals surface area contributed by atoms with Crippen LogP contribution in [-0.2, 0) is 0 Å². The quantitative estimate of drug-likeness (QED) is 0.385. The lowest BCUT2D eigenvalue weighted by Crippen LogP contribution is -2.59. The normalized spacial score (nSPS) is 18.9. The highest BCUT2D eigenvalue weighted by molar-refractivity contribution is 6.32. The van der Waals surface area contributed by atoms with Gasteiger partial charge in [0.2, 0.25) is 0 Å². The van der Waals surface area contributed by atoms with Crippen LogP contribution in [0.4, 0.5) is 11.6 Å². The third kappa shape index (κ3) is 7.06. The van der Waals surface area contributed by atoms with Gasteiger partial charge in [-0.05, 0) is 49.9 Å². The highest BCUT2D eigenvalue weighted by Gasteiger charge is 2.36. The van der Waals surface area contributed by atoms with Crippen LogP contribution in [0.2, 0.25) is 10.2 Å². The summed E-state index contributed by atoms with van der Waals surface area (Å²) in [6.07, 6.45) is 3.70. The lowest BCUT2D eigenvalue weighted by Gasteiger charge is -2.48. The zero-order valence-electron chi connectivity index (χ0n) is 24.0. The van der Waals surface area contributed by atoms with E-state index in [4.69, 9.17) is 34.0 Å². The predicted molar refractivity (Wildman–Crippen MR) is 163 cm³/mol. The molecule has 1 aromatic heterocycles. The summed E-state index contributed by atoms with van der Waals surface area (Å²) in [4.78, 5) is 41.0. The molecule has 2 amide bonds. The number of rotatable bonds is 9. The maximum atomic E-state index is 13.5. The second kappa shape index (κ2) is 14.3. The number of nitrogens with zero attached hydrogens (tertiary/aromatic N) is 6. The molecule has 4 rings (SSSR count). The fourth-order valence-corrected chi connectivity index (χ4v) is 6.33. The maximum absolute atomic E-state index is 13.5. The lowest BCUT2D eigenvalue weighted by molar-refractivity contribution is 0.0480. The van der Waals surface area contributed by atoms with Gasteiger partial charge in [0.05, 0.1) is 18.6 Å². The SMILES string of the molecule is CCC[C@H]1CN(c2nc(N)c(C(=O)NCCO)nc2Cl)CCN1C1CCN(C(=O)c2ccc(Cl)cc2C(C)C#N)CC1. The molecular weight excluding hydrogens is 579 g/mol. The van der Waals surface area contributed by atoms with Crippen molar-refractivity contribution in [3.05, 3.63) is 45.2 Å². The first-order valence-electron chi connectivity index (χ1n) is 14.4. The molecule has 2 aliphatic rings. The molecular formula is C29H38Cl2N8O3. The van der Waals surface area contributed by atoms with Crippen LogP contribution >= 0.6 is 23.2 Å². The topological polar surface area (TPSA) is 152 Å². The number of piperazine rings is 1. The maximum Gasteiger partial charge on any atom is 0.273 e. The Bertz CT molecular complexity index is 1330. The van der Waals surface area contributed by atoms with Crippen molar-refractivity contribution < 1.29 is 14.7 Å². The van der Waals surface area contributed by atoms with Crippen molar-refractivity contribution in [1.29, 1.82) is 5.26 Å². The number of amides is 2. The van der Waals surface area contributed by atoms with Gasteiger partial charge in [0.15, 0.2) is 22.5 Å². The number of aliphatic hydroxyl groups is 1. The van der Waals surface area contributed by atoms with E-state index in [1.54, 1.807) is 25.1 Å². The van der Waals surface area contributed by atoms with Gasteiger partial charge < -0.3 is 26.0 Å². The fraction of sp³-hybridized carbons (Fsp3) is 0.552. The summed E-state index contributed by atoms with van der Waals surface area (Å²) in [6, 6.07) is 7.95. The molecule has 2 atom stereocenters. The van der Waals surface area contributed by atoms with E-state index in [0.29, 0.717) is 54.2 Å². The molecule has 1 unspecified atom stereocenters. The van der Waals surface area contributed by atoms with E-state index in [1.165, 1.54) is 0 Å². The van der Waals surface area contributed by atoms with Crippen molar-refractivity contribution in [2.45, 2.75) is 57.5 Å². The van der Waals surface area contributed by atoms with Crippen LogP contribution < -0.4 is 16.0 Å². The Hall–Kier alpha value is -3.17. The number of aromatic nitrogens is 2. The number of hydrogen-bond donors (Lipinski definition) is 3. The second-order valence-corrected chi connectivity index (χ2v) is 11.6. The van der Waals surface area contributed by atoms with E-state index >= 15 is 0 Å². The van der Waals surface area contributed by atoms with Crippen LogP contribution in [-0.4, -0.2) is 94.6 Å². The molecule has 0 radical (unpaired) electrons. The summed E-state index contributed by atoms with van der Waals surface area (Å²) in [7, 11) is 0. The first-order valence-corrected chi connectivity index (χ1v) is 15.1. The number of nitrogen functional groups attached to an aromatic ring is 1. The summed E-state index contributed by atoms with van der Waals surface area (Å²) in [5, 5.41) is 21.6. The molecule has 0 bridgehead atoms. The Kier molecular flexibility index (Phi) is 10.8. The molecule has 11 nitrogen and oxygen atoms in total. The fourth-order valence-electron chi connectivity index (χ4n) is 5.90. The Morgan fingerprint density at radius 2 is 1.95 bits per heavy atom. The van der Waals surface area contributed by atoms with E-state index in [-0.39, 0.29) is 41.8 Å². The Morgan fingerprint density at radius 3 is 2.62 bits per heavy atom. The average molecular weight is 618 g/mol. The number of aliphatic hydroxyl groups excluding tert-OH is 1. The summed E-state index contributed by atoms with van der Waals surface area (Å²) < 4.78 is 0. The average Bonchev–Trinajstić information content (AvgIpc) is 3.00. The largest absolute Gasteiger partial charge is 0.395 e. The van der Waals surface area contributed by atoms with E-state index in [1.807, 2.05) is 4.90 Å². The number of anilines is 2. The number of nitriles is 1.